The number of amides is 1. The fourth-order valence-corrected chi connectivity index (χ4v) is 2.14. The van der Waals surface area contributed by atoms with Crippen LogP contribution in [0.15, 0.2) is 0 Å². The van der Waals surface area contributed by atoms with E-state index in [4.69, 9.17) is 5.73 Å². The van der Waals surface area contributed by atoms with Gasteiger partial charge in [0.15, 0.2) is 0 Å². The Bertz CT molecular complexity index is 169. The average Bonchev–Trinajstić information content (AvgIpc) is 2.44. The summed E-state index contributed by atoms with van der Waals surface area (Å²) in [5.74, 6) is -0.00144. The largest absolute Gasteiger partial charge is 0.369 e. The minimum absolute atomic E-state index is 0.124. The first-order valence-corrected chi connectivity index (χ1v) is 3.83. The predicted octanol–water partition coefficient (Wildman–Crippen LogP) is -0.388. The van der Waals surface area contributed by atoms with E-state index in [-0.39, 0.29) is 11.8 Å². The number of hydrogen-bond donors (Lipinski definition) is 2. The van der Waals surface area contributed by atoms with E-state index in [1.165, 1.54) is 6.42 Å². The fourth-order valence-electron chi connectivity index (χ4n) is 2.14. The summed E-state index contributed by atoms with van der Waals surface area (Å²) in [5, 5.41) is 3.36. The van der Waals surface area contributed by atoms with Crippen LogP contribution in [0.3, 0.4) is 0 Å². The molecule has 0 spiro atoms. The van der Waals surface area contributed by atoms with E-state index in [0.717, 1.165) is 12.8 Å². The van der Waals surface area contributed by atoms with Crippen molar-refractivity contribution in [2.24, 2.45) is 11.7 Å². The molecular weight excluding hydrogens is 128 g/mol. The van der Waals surface area contributed by atoms with Crippen molar-refractivity contribution in [2.75, 3.05) is 0 Å². The molecule has 0 aromatic heterocycles. The van der Waals surface area contributed by atoms with Crippen LogP contribution in [0.1, 0.15) is 19.3 Å². The Morgan fingerprint density at radius 2 is 2.30 bits per heavy atom. The second kappa shape index (κ2) is 1.95. The second-order valence-corrected chi connectivity index (χ2v) is 3.29. The fraction of sp³-hybridized carbons (Fsp3) is 0.857. The molecule has 3 nitrogen and oxygen atoms in total. The monoisotopic (exact) mass is 140 g/mol. The van der Waals surface area contributed by atoms with E-state index in [1.807, 2.05) is 0 Å². The Balaban J connectivity index is 2.08. The van der Waals surface area contributed by atoms with E-state index in [1.54, 1.807) is 0 Å². The zero-order chi connectivity index (χ0) is 7.14. The topological polar surface area (TPSA) is 55.1 Å². The van der Waals surface area contributed by atoms with Gasteiger partial charge in [-0.2, -0.15) is 0 Å². The maximum absolute atomic E-state index is 10.8. The molecule has 0 radical (unpaired) electrons. The molecule has 10 heavy (non-hydrogen) atoms. The molecule has 2 bridgehead atoms. The normalized spacial score (nSPS) is 44.2. The van der Waals surface area contributed by atoms with Crippen LogP contribution >= 0.6 is 0 Å². The van der Waals surface area contributed by atoms with Gasteiger partial charge in [0.1, 0.15) is 0 Å². The molecule has 0 aromatic rings. The molecule has 0 aliphatic carbocycles. The van der Waals surface area contributed by atoms with Gasteiger partial charge in [-0.3, -0.25) is 4.79 Å². The summed E-state index contributed by atoms with van der Waals surface area (Å²) in [4.78, 5) is 10.8. The van der Waals surface area contributed by atoms with Gasteiger partial charge < -0.3 is 11.1 Å². The SMILES string of the molecule is NC(=O)[C@H]1C[C@H]2CC[C@@H]1N2. The molecule has 3 heteroatoms. The summed E-state index contributed by atoms with van der Waals surface area (Å²) in [6.07, 6.45) is 3.34. The van der Waals surface area contributed by atoms with Gasteiger partial charge in [0.25, 0.3) is 0 Å². The Labute approximate surface area is 60.0 Å². The average molecular weight is 140 g/mol. The van der Waals surface area contributed by atoms with Crippen molar-refractivity contribution in [2.45, 2.75) is 31.3 Å². The minimum Gasteiger partial charge on any atom is -0.369 e. The zero-order valence-corrected chi connectivity index (χ0v) is 5.84. The Hall–Kier alpha value is -0.570. The first-order chi connectivity index (χ1) is 4.77. The smallest absolute Gasteiger partial charge is 0.222 e. The standard InChI is InChI=1S/C7H12N2O/c8-7(10)5-3-4-1-2-6(5)9-4/h4-6,9H,1-3H2,(H2,8,10)/t4-,5+,6+/m1/s1. The second-order valence-electron chi connectivity index (χ2n) is 3.29. The lowest BCUT2D eigenvalue weighted by Crippen LogP contribution is -2.33. The van der Waals surface area contributed by atoms with Crippen molar-refractivity contribution in [1.82, 2.24) is 5.32 Å². The molecule has 2 rings (SSSR count). The van der Waals surface area contributed by atoms with Crippen LogP contribution in [0, 0.1) is 5.92 Å². The molecule has 0 aromatic carbocycles. The van der Waals surface area contributed by atoms with Gasteiger partial charge in [-0.1, -0.05) is 0 Å². The summed E-state index contributed by atoms with van der Waals surface area (Å²) in [6.45, 7) is 0. The summed E-state index contributed by atoms with van der Waals surface area (Å²) < 4.78 is 0. The first-order valence-electron chi connectivity index (χ1n) is 3.83. The van der Waals surface area contributed by atoms with Crippen molar-refractivity contribution < 1.29 is 4.79 Å². The van der Waals surface area contributed by atoms with Crippen LogP contribution < -0.4 is 11.1 Å². The Morgan fingerprint density at radius 1 is 1.50 bits per heavy atom. The van der Waals surface area contributed by atoms with Crippen molar-refractivity contribution in [3.05, 3.63) is 0 Å². The number of primary amides is 1. The lowest BCUT2D eigenvalue weighted by atomic mass is 9.89. The van der Waals surface area contributed by atoms with Crippen molar-refractivity contribution in [3.8, 4) is 0 Å². The number of carbonyl (C=O) groups excluding carboxylic acids is 1. The van der Waals surface area contributed by atoms with Gasteiger partial charge in [-0.15, -0.1) is 0 Å². The molecule has 1 amide bonds. The number of hydrogen-bond acceptors (Lipinski definition) is 2. The molecule has 2 saturated heterocycles. The summed E-state index contributed by atoms with van der Waals surface area (Å²) in [5.41, 5.74) is 5.21. The van der Waals surface area contributed by atoms with Gasteiger partial charge in [0.05, 0.1) is 5.92 Å². The summed E-state index contributed by atoms with van der Waals surface area (Å²) in [7, 11) is 0. The molecule has 0 saturated carbocycles. The van der Waals surface area contributed by atoms with Crippen LogP contribution in [-0.2, 0) is 4.79 Å². The van der Waals surface area contributed by atoms with Crippen LogP contribution in [0.2, 0.25) is 0 Å². The highest BCUT2D eigenvalue weighted by Gasteiger charge is 2.41. The third kappa shape index (κ3) is 0.736. The molecular formula is C7H12N2O. The maximum atomic E-state index is 10.8. The van der Waals surface area contributed by atoms with Crippen molar-refractivity contribution >= 4 is 5.91 Å². The summed E-state index contributed by atoms with van der Waals surface area (Å²) in [6, 6.07) is 0.991. The molecule has 2 heterocycles. The zero-order valence-electron chi connectivity index (χ0n) is 5.84. The van der Waals surface area contributed by atoms with Gasteiger partial charge in [-0.25, -0.2) is 0 Å². The highest BCUT2D eigenvalue weighted by Crippen LogP contribution is 2.32. The minimum atomic E-state index is -0.125. The molecule has 2 aliphatic rings. The van der Waals surface area contributed by atoms with E-state index >= 15 is 0 Å². The number of nitrogens with one attached hydrogen (secondary N) is 1. The lowest BCUT2D eigenvalue weighted by Gasteiger charge is -2.15. The van der Waals surface area contributed by atoms with E-state index in [9.17, 15) is 4.79 Å². The first kappa shape index (κ1) is 6.16. The molecule has 3 atom stereocenters. The molecule has 0 unspecified atom stereocenters. The van der Waals surface area contributed by atoms with Crippen LogP contribution in [-0.4, -0.2) is 18.0 Å². The number of carbonyl (C=O) groups is 1. The van der Waals surface area contributed by atoms with Crippen LogP contribution in [0.25, 0.3) is 0 Å². The number of rotatable bonds is 1. The predicted molar refractivity (Wildman–Crippen MR) is 37.2 cm³/mol. The molecule has 2 fully saturated rings. The van der Waals surface area contributed by atoms with E-state index in [2.05, 4.69) is 5.32 Å². The summed E-state index contributed by atoms with van der Waals surface area (Å²) >= 11 is 0. The van der Waals surface area contributed by atoms with E-state index in [0.29, 0.717) is 12.1 Å². The lowest BCUT2D eigenvalue weighted by molar-refractivity contribution is -0.122. The molecule has 2 aliphatic heterocycles. The van der Waals surface area contributed by atoms with Gasteiger partial charge in [0, 0.05) is 12.1 Å². The quantitative estimate of drug-likeness (QED) is 0.521. The van der Waals surface area contributed by atoms with E-state index < -0.39 is 0 Å². The third-order valence-corrected chi connectivity index (χ3v) is 2.67. The molecule has 3 N–H and O–H groups in total. The van der Waals surface area contributed by atoms with Gasteiger partial charge in [-0.05, 0) is 19.3 Å². The van der Waals surface area contributed by atoms with Gasteiger partial charge in [0.2, 0.25) is 5.91 Å². The highest BCUT2D eigenvalue weighted by molar-refractivity contribution is 5.78. The van der Waals surface area contributed by atoms with Gasteiger partial charge >= 0.3 is 0 Å². The highest BCUT2D eigenvalue weighted by atomic mass is 16.1. The Morgan fingerprint density at radius 3 is 2.60 bits per heavy atom. The maximum Gasteiger partial charge on any atom is 0.222 e. The van der Waals surface area contributed by atoms with Crippen molar-refractivity contribution in [3.63, 3.8) is 0 Å². The third-order valence-electron chi connectivity index (χ3n) is 2.67. The number of fused-ring (bicyclic) bond motifs is 2. The van der Waals surface area contributed by atoms with Crippen molar-refractivity contribution in [1.29, 1.82) is 0 Å². The van der Waals surface area contributed by atoms with Crippen LogP contribution in [0.5, 0.6) is 0 Å². The molecule has 56 valence electrons. The Kier molecular flexibility index (Phi) is 1.20. The number of nitrogens with two attached hydrogens (primary N) is 1. The van der Waals surface area contributed by atoms with Crippen LogP contribution in [0.4, 0.5) is 0 Å².